The van der Waals surface area contributed by atoms with Gasteiger partial charge in [0.25, 0.3) is 0 Å². The summed E-state index contributed by atoms with van der Waals surface area (Å²) in [5.74, 6) is 0.704. The van der Waals surface area contributed by atoms with Gasteiger partial charge in [0.15, 0.2) is 5.82 Å². The van der Waals surface area contributed by atoms with E-state index in [2.05, 4.69) is 204 Å². The van der Waals surface area contributed by atoms with E-state index in [4.69, 9.17) is 9.97 Å². The first-order valence-electron chi connectivity index (χ1n) is 18.8. The van der Waals surface area contributed by atoms with Gasteiger partial charge in [-0.25, -0.2) is 9.97 Å². The Kier molecular flexibility index (Phi) is 7.05. The minimum absolute atomic E-state index is 0.169. The van der Waals surface area contributed by atoms with Gasteiger partial charge < -0.3 is 4.57 Å². The van der Waals surface area contributed by atoms with Gasteiger partial charge in [-0.15, -0.1) is 0 Å². The maximum Gasteiger partial charge on any atom is 0.160 e. The van der Waals surface area contributed by atoms with Crippen molar-refractivity contribution in [2.45, 2.75) is 19.3 Å². The average Bonchev–Trinajstić information content (AvgIpc) is 3.67. The monoisotopic (exact) mass is 767 g/mol. The Hall–Kier alpha value is -6.36. The fraction of sp³-hybridized carbons (Fsp3) is 0.0588. The van der Waals surface area contributed by atoms with Crippen molar-refractivity contribution in [1.82, 2.24) is 14.5 Å². The first-order chi connectivity index (χ1) is 26.9. The Balaban J connectivity index is 1.09. The van der Waals surface area contributed by atoms with E-state index in [9.17, 15) is 0 Å². The number of fused-ring (bicyclic) bond motifs is 9. The van der Waals surface area contributed by atoms with Crippen LogP contribution in [0.2, 0.25) is 0 Å². The second kappa shape index (κ2) is 12.1. The first-order valence-corrected chi connectivity index (χ1v) is 19.6. The summed E-state index contributed by atoms with van der Waals surface area (Å²) in [6.07, 6.45) is 0. The molecule has 11 rings (SSSR count). The Bertz CT molecular complexity index is 3180. The SMILES string of the molecule is CC1(C)c2cc3c(cc2-c2ccc4ccccc4c21)c1cc(Br)ccc1n3-c1cccc(-c2nc(-c3ccc(-c4ccccc4)cc3)c3ccccc3n2)c1. The molecule has 2 heterocycles. The molecule has 0 fully saturated rings. The van der Waals surface area contributed by atoms with E-state index in [0.29, 0.717) is 5.82 Å². The van der Waals surface area contributed by atoms with Crippen LogP contribution in [0.1, 0.15) is 25.0 Å². The van der Waals surface area contributed by atoms with Gasteiger partial charge in [-0.2, -0.15) is 0 Å². The quantitative estimate of drug-likeness (QED) is 0.179. The summed E-state index contributed by atoms with van der Waals surface area (Å²) in [6, 6.07) is 61.1. The van der Waals surface area contributed by atoms with E-state index in [-0.39, 0.29) is 5.41 Å². The number of nitrogens with zero attached hydrogens (tertiary/aromatic N) is 3. The summed E-state index contributed by atoms with van der Waals surface area (Å²) in [5.41, 5.74) is 14.9. The van der Waals surface area contributed by atoms with Crippen molar-refractivity contribution in [2.75, 3.05) is 0 Å². The highest BCUT2D eigenvalue weighted by atomic mass is 79.9. The Morgan fingerprint density at radius 2 is 1.20 bits per heavy atom. The lowest BCUT2D eigenvalue weighted by Gasteiger charge is -2.23. The van der Waals surface area contributed by atoms with Crippen molar-refractivity contribution in [3.8, 4) is 50.6 Å². The van der Waals surface area contributed by atoms with Gasteiger partial charge in [0.05, 0.1) is 22.2 Å². The Morgan fingerprint density at radius 1 is 0.491 bits per heavy atom. The van der Waals surface area contributed by atoms with Crippen LogP contribution in [0.4, 0.5) is 0 Å². The highest BCUT2D eigenvalue weighted by Crippen LogP contribution is 2.53. The van der Waals surface area contributed by atoms with Gasteiger partial charge in [0, 0.05) is 42.9 Å². The molecule has 0 N–H and O–H groups in total. The predicted molar refractivity (Wildman–Crippen MR) is 233 cm³/mol. The molecule has 0 spiro atoms. The van der Waals surface area contributed by atoms with Gasteiger partial charge in [-0.1, -0.05) is 151 Å². The molecule has 10 aromatic rings. The van der Waals surface area contributed by atoms with Crippen molar-refractivity contribution in [3.63, 3.8) is 0 Å². The van der Waals surface area contributed by atoms with E-state index in [1.807, 2.05) is 0 Å². The van der Waals surface area contributed by atoms with Crippen LogP contribution >= 0.6 is 15.9 Å². The lowest BCUT2D eigenvalue weighted by Crippen LogP contribution is -2.15. The van der Waals surface area contributed by atoms with Gasteiger partial charge in [-0.05, 0) is 92.7 Å². The number of benzene rings is 8. The van der Waals surface area contributed by atoms with Gasteiger partial charge in [0.2, 0.25) is 0 Å². The maximum absolute atomic E-state index is 5.29. The van der Waals surface area contributed by atoms with Crippen LogP contribution in [0, 0.1) is 0 Å². The molecule has 0 radical (unpaired) electrons. The number of hydrogen-bond acceptors (Lipinski definition) is 2. The third kappa shape index (κ3) is 4.95. The molecule has 8 aromatic carbocycles. The number of hydrogen-bond donors (Lipinski definition) is 0. The summed E-state index contributed by atoms with van der Waals surface area (Å²) in [4.78, 5) is 10.4. The number of para-hydroxylation sites is 1. The fourth-order valence-corrected chi connectivity index (χ4v) is 9.38. The lowest BCUT2D eigenvalue weighted by atomic mass is 9.80. The number of rotatable bonds is 4. The molecule has 3 nitrogen and oxygen atoms in total. The summed E-state index contributed by atoms with van der Waals surface area (Å²) in [6.45, 7) is 4.76. The normalized spacial score (nSPS) is 13.1. The van der Waals surface area contributed by atoms with E-state index < -0.39 is 0 Å². The second-order valence-corrected chi connectivity index (χ2v) is 16.1. The third-order valence-corrected chi connectivity index (χ3v) is 12.1. The predicted octanol–water partition coefficient (Wildman–Crippen LogP) is 13.9. The van der Waals surface area contributed by atoms with E-state index in [1.54, 1.807) is 0 Å². The van der Waals surface area contributed by atoms with Crippen LogP contribution in [0.5, 0.6) is 0 Å². The van der Waals surface area contributed by atoms with E-state index in [1.165, 1.54) is 60.4 Å². The molecular formula is C51H34BrN3. The molecule has 1 aliphatic carbocycles. The van der Waals surface area contributed by atoms with Crippen LogP contribution in [-0.2, 0) is 5.41 Å². The maximum atomic E-state index is 5.29. The Morgan fingerprint density at radius 3 is 2.05 bits per heavy atom. The third-order valence-electron chi connectivity index (χ3n) is 11.6. The highest BCUT2D eigenvalue weighted by molar-refractivity contribution is 9.10. The minimum Gasteiger partial charge on any atom is -0.309 e. The first kappa shape index (κ1) is 32.1. The van der Waals surface area contributed by atoms with Crippen molar-refractivity contribution in [3.05, 3.63) is 185 Å². The van der Waals surface area contributed by atoms with Gasteiger partial charge >= 0.3 is 0 Å². The summed E-state index contributed by atoms with van der Waals surface area (Å²) >= 11 is 3.79. The molecule has 0 bridgehead atoms. The van der Waals surface area contributed by atoms with Crippen LogP contribution in [-0.4, -0.2) is 14.5 Å². The van der Waals surface area contributed by atoms with E-state index >= 15 is 0 Å². The molecule has 0 unspecified atom stereocenters. The largest absolute Gasteiger partial charge is 0.309 e. The molecule has 1 aliphatic rings. The fourth-order valence-electron chi connectivity index (χ4n) is 9.02. The molecule has 0 aliphatic heterocycles. The highest BCUT2D eigenvalue weighted by Gasteiger charge is 2.37. The molecule has 55 heavy (non-hydrogen) atoms. The van der Waals surface area contributed by atoms with Crippen molar-refractivity contribution < 1.29 is 0 Å². The Labute approximate surface area is 327 Å². The molecule has 0 amide bonds. The van der Waals surface area contributed by atoms with Crippen molar-refractivity contribution >= 4 is 59.4 Å². The molecular weight excluding hydrogens is 734 g/mol. The number of aromatic nitrogens is 3. The van der Waals surface area contributed by atoms with Crippen molar-refractivity contribution in [2.24, 2.45) is 0 Å². The van der Waals surface area contributed by atoms with Crippen LogP contribution in [0.3, 0.4) is 0 Å². The van der Waals surface area contributed by atoms with Gasteiger partial charge in [0.1, 0.15) is 0 Å². The summed E-state index contributed by atoms with van der Waals surface area (Å²) in [7, 11) is 0. The standard InChI is InChI=1S/C51H34BrN3/c1-51(2)44-30-47-43(29-41(44)39-25-23-33-13-6-7-16-38(33)48(39)51)42-28-36(52)24-26-46(42)55(47)37-15-10-14-35(27-37)50-53-45-18-9-8-17-40(45)49(54-50)34-21-19-32(20-22-34)31-11-4-3-5-12-31/h3-30H,1-2H3. The van der Waals surface area contributed by atoms with Crippen LogP contribution in [0.25, 0.3) is 94.1 Å². The van der Waals surface area contributed by atoms with Crippen LogP contribution < -0.4 is 0 Å². The topological polar surface area (TPSA) is 30.7 Å². The van der Waals surface area contributed by atoms with Gasteiger partial charge in [-0.3, -0.25) is 0 Å². The average molecular weight is 769 g/mol. The smallest absolute Gasteiger partial charge is 0.160 e. The zero-order valence-corrected chi connectivity index (χ0v) is 32.0. The second-order valence-electron chi connectivity index (χ2n) is 15.2. The molecule has 2 aromatic heterocycles. The molecule has 0 atom stereocenters. The minimum atomic E-state index is -0.169. The summed E-state index contributed by atoms with van der Waals surface area (Å²) < 4.78 is 3.48. The number of halogens is 1. The van der Waals surface area contributed by atoms with E-state index in [0.717, 1.165) is 43.4 Å². The van der Waals surface area contributed by atoms with Crippen LogP contribution in [0.15, 0.2) is 174 Å². The van der Waals surface area contributed by atoms with Crippen molar-refractivity contribution in [1.29, 1.82) is 0 Å². The lowest BCUT2D eigenvalue weighted by molar-refractivity contribution is 0.667. The molecule has 260 valence electrons. The zero-order valence-electron chi connectivity index (χ0n) is 30.4. The zero-order chi connectivity index (χ0) is 36.8. The summed E-state index contributed by atoms with van der Waals surface area (Å²) in [5, 5.41) is 6.10. The molecule has 4 heteroatoms. The molecule has 0 saturated carbocycles. The molecule has 0 saturated heterocycles.